The molecule has 2 rings (SSSR count). The van der Waals surface area contributed by atoms with Gasteiger partial charge in [-0.25, -0.2) is 0 Å². The van der Waals surface area contributed by atoms with E-state index in [0.29, 0.717) is 21.8 Å². The number of thiophene rings is 1. The fourth-order valence-corrected chi connectivity index (χ4v) is 2.51. The molecule has 1 aliphatic carbocycles. The maximum absolute atomic E-state index is 12.0. The minimum absolute atomic E-state index is 0.0107. The molecular weight excluding hydrogens is 234 g/mol. The Morgan fingerprint density at radius 3 is 2.80 bits per heavy atom. The highest BCUT2D eigenvalue weighted by Gasteiger charge is 2.33. The van der Waals surface area contributed by atoms with Crippen LogP contribution in [-0.2, 0) is 0 Å². The number of aliphatic hydroxyl groups is 1. The highest BCUT2D eigenvalue weighted by atomic mass is 35.5. The van der Waals surface area contributed by atoms with Crippen molar-refractivity contribution in [2.45, 2.75) is 18.9 Å². The first kappa shape index (κ1) is 10.9. The number of amides is 1. The van der Waals surface area contributed by atoms with E-state index in [1.807, 2.05) is 0 Å². The van der Waals surface area contributed by atoms with Gasteiger partial charge in [-0.2, -0.15) is 0 Å². The van der Waals surface area contributed by atoms with Crippen LogP contribution >= 0.6 is 22.9 Å². The van der Waals surface area contributed by atoms with Gasteiger partial charge < -0.3 is 10.0 Å². The van der Waals surface area contributed by atoms with Crippen LogP contribution in [0.5, 0.6) is 0 Å². The zero-order chi connectivity index (χ0) is 10.8. The number of aliphatic hydroxyl groups excluding tert-OH is 1. The molecule has 15 heavy (non-hydrogen) atoms. The molecule has 0 saturated heterocycles. The molecule has 1 fully saturated rings. The van der Waals surface area contributed by atoms with Gasteiger partial charge in [0, 0.05) is 12.6 Å². The second-order valence-corrected chi connectivity index (χ2v) is 5.27. The highest BCUT2D eigenvalue weighted by molar-refractivity contribution is 7.17. The van der Waals surface area contributed by atoms with Gasteiger partial charge in [-0.05, 0) is 25.0 Å². The lowest BCUT2D eigenvalue weighted by molar-refractivity contribution is 0.0712. The Morgan fingerprint density at radius 2 is 2.33 bits per heavy atom. The van der Waals surface area contributed by atoms with Crippen molar-refractivity contribution in [3.8, 4) is 0 Å². The van der Waals surface area contributed by atoms with Gasteiger partial charge in [0.05, 0.1) is 15.8 Å². The van der Waals surface area contributed by atoms with E-state index in [0.717, 1.165) is 12.8 Å². The molecule has 1 aromatic rings. The molecule has 1 N–H and O–H groups in total. The van der Waals surface area contributed by atoms with Crippen molar-refractivity contribution in [1.82, 2.24) is 4.90 Å². The monoisotopic (exact) mass is 245 g/mol. The molecule has 1 aliphatic rings. The summed E-state index contributed by atoms with van der Waals surface area (Å²) in [6.07, 6.45) is 2.09. The minimum atomic E-state index is -0.0107. The van der Waals surface area contributed by atoms with Crippen molar-refractivity contribution < 1.29 is 9.90 Å². The first-order valence-electron chi connectivity index (χ1n) is 4.89. The van der Waals surface area contributed by atoms with E-state index in [9.17, 15) is 4.79 Å². The summed E-state index contributed by atoms with van der Waals surface area (Å²) in [4.78, 5) is 14.4. The SMILES string of the molecule is O=C(c1ccc(Cl)s1)N(CCO)C1CC1. The Kier molecular flexibility index (Phi) is 3.29. The van der Waals surface area contributed by atoms with Crippen LogP contribution in [0.15, 0.2) is 12.1 Å². The molecule has 0 aromatic carbocycles. The van der Waals surface area contributed by atoms with Crippen LogP contribution in [0.1, 0.15) is 22.5 Å². The first-order valence-corrected chi connectivity index (χ1v) is 6.09. The third-order valence-electron chi connectivity index (χ3n) is 2.37. The number of carbonyl (C=O) groups excluding carboxylic acids is 1. The van der Waals surface area contributed by atoms with Gasteiger partial charge in [0.1, 0.15) is 0 Å². The maximum atomic E-state index is 12.0. The van der Waals surface area contributed by atoms with E-state index in [2.05, 4.69) is 0 Å². The van der Waals surface area contributed by atoms with E-state index in [1.54, 1.807) is 17.0 Å². The van der Waals surface area contributed by atoms with Crippen LogP contribution in [0.4, 0.5) is 0 Å². The summed E-state index contributed by atoms with van der Waals surface area (Å²) < 4.78 is 0.623. The van der Waals surface area contributed by atoms with E-state index in [-0.39, 0.29) is 12.5 Å². The molecule has 82 valence electrons. The summed E-state index contributed by atoms with van der Waals surface area (Å²) in [7, 11) is 0. The molecule has 0 bridgehead atoms. The smallest absolute Gasteiger partial charge is 0.264 e. The molecule has 0 spiro atoms. The van der Waals surface area contributed by atoms with Crippen LogP contribution in [0.2, 0.25) is 4.34 Å². The lowest BCUT2D eigenvalue weighted by atomic mass is 10.3. The topological polar surface area (TPSA) is 40.5 Å². The van der Waals surface area contributed by atoms with Crippen molar-refractivity contribution in [3.05, 3.63) is 21.3 Å². The standard InChI is InChI=1S/C10H12ClNO2S/c11-9-4-3-8(15-9)10(14)12(5-6-13)7-1-2-7/h3-4,7,13H,1-2,5-6H2. The van der Waals surface area contributed by atoms with Crippen LogP contribution < -0.4 is 0 Å². The van der Waals surface area contributed by atoms with Crippen LogP contribution in [0.25, 0.3) is 0 Å². The van der Waals surface area contributed by atoms with Gasteiger partial charge in [-0.15, -0.1) is 11.3 Å². The molecule has 0 aliphatic heterocycles. The first-order chi connectivity index (χ1) is 7.22. The molecule has 3 nitrogen and oxygen atoms in total. The molecule has 5 heteroatoms. The molecule has 1 heterocycles. The minimum Gasteiger partial charge on any atom is -0.395 e. The van der Waals surface area contributed by atoms with Gasteiger partial charge in [0.15, 0.2) is 0 Å². The lowest BCUT2D eigenvalue weighted by Gasteiger charge is -2.20. The Morgan fingerprint density at radius 1 is 1.60 bits per heavy atom. The number of hydrogen-bond acceptors (Lipinski definition) is 3. The number of halogens is 1. The Labute approximate surface area is 97.3 Å². The number of carbonyl (C=O) groups is 1. The van der Waals surface area contributed by atoms with E-state index in [4.69, 9.17) is 16.7 Å². The summed E-state index contributed by atoms with van der Waals surface area (Å²) in [5.41, 5.74) is 0. The molecule has 1 saturated carbocycles. The summed E-state index contributed by atoms with van der Waals surface area (Å²) in [5, 5.41) is 8.90. The van der Waals surface area contributed by atoms with E-state index >= 15 is 0 Å². The summed E-state index contributed by atoms with van der Waals surface area (Å²) in [6.45, 7) is 0.431. The normalized spacial score (nSPS) is 15.3. The average Bonchev–Trinajstić information content (AvgIpc) is 2.96. The van der Waals surface area contributed by atoms with E-state index in [1.165, 1.54) is 11.3 Å². The molecular formula is C10H12ClNO2S. The molecule has 0 radical (unpaired) electrons. The van der Waals surface area contributed by atoms with Crippen LogP contribution in [0, 0.1) is 0 Å². The largest absolute Gasteiger partial charge is 0.395 e. The fraction of sp³-hybridized carbons (Fsp3) is 0.500. The van der Waals surface area contributed by atoms with Crippen LogP contribution in [-0.4, -0.2) is 35.1 Å². The van der Waals surface area contributed by atoms with Crippen molar-refractivity contribution in [3.63, 3.8) is 0 Å². The van der Waals surface area contributed by atoms with Crippen LogP contribution in [0.3, 0.4) is 0 Å². The van der Waals surface area contributed by atoms with Crippen molar-refractivity contribution >= 4 is 28.8 Å². The predicted molar refractivity (Wildman–Crippen MR) is 60.5 cm³/mol. The average molecular weight is 246 g/mol. The third-order valence-corrected chi connectivity index (χ3v) is 3.59. The molecule has 0 atom stereocenters. The Bertz CT molecular complexity index is 362. The molecule has 0 unspecified atom stereocenters. The van der Waals surface area contributed by atoms with Gasteiger partial charge >= 0.3 is 0 Å². The third kappa shape index (κ3) is 2.51. The zero-order valence-electron chi connectivity index (χ0n) is 8.15. The maximum Gasteiger partial charge on any atom is 0.264 e. The predicted octanol–water partition coefficient (Wildman–Crippen LogP) is 2.00. The van der Waals surface area contributed by atoms with Gasteiger partial charge in [0.25, 0.3) is 5.91 Å². The summed E-state index contributed by atoms with van der Waals surface area (Å²) in [6, 6.07) is 3.79. The fourth-order valence-electron chi connectivity index (χ4n) is 1.51. The Balaban J connectivity index is 2.10. The lowest BCUT2D eigenvalue weighted by Crippen LogP contribution is -2.34. The number of hydrogen-bond donors (Lipinski definition) is 1. The van der Waals surface area contributed by atoms with Gasteiger partial charge in [-0.1, -0.05) is 11.6 Å². The van der Waals surface area contributed by atoms with Crippen molar-refractivity contribution in [1.29, 1.82) is 0 Å². The second kappa shape index (κ2) is 4.51. The highest BCUT2D eigenvalue weighted by Crippen LogP contribution is 2.30. The van der Waals surface area contributed by atoms with Gasteiger partial charge in [-0.3, -0.25) is 4.79 Å². The van der Waals surface area contributed by atoms with Crippen molar-refractivity contribution in [2.75, 3.05) is 13.2 Å². The molecule has 1 amide bonds. The van der Waals surface area contributed by atoms with Crippen molar-refractivity contribution in [2.24, 2.45) is 0 Å². The number of nitrogens with zero attached hydrogens (tertiary/aromatic N) is 1. The summed E-state index contributed by atoms with van der Waals surface area (Å²) >= 11 is 7.07. The summed E-state index contributed by atoms with van der Waals surface area (Å²) in [5.74, 6) is -0.0107. The van der Waals surface area contributed by atoms with Gasteiger partial charge in [0.2, 0.25) is 0 Å². The van der Waals surface area contributed by atoms with E-state index < -0.39 is 0 Å². The second-order valence-electron chi connectivity index (χ2n) is 3.56. The quantitative estimate of drug-likeness (QED) is 0.882. The number of rotatable bonds is 4. The zero-order valence-corrected chi connectivity index (χ0v) is 9.72. The molecule has 1 aromatic heterocycles. The Hall–Kier alpha value is -0.580.